The molecule has 0 fully saturated rings. The van der Waals surface area contributed by atoms with Gasteiger partial charge < -0.3 is 5.32 Å². The van der Waals surface area contributed by atoms with Crippen molar-refractivity contribution >= 4 is 0 Å². The van der Waals surface area contributed by atoms with E-state index in [-0.39, 0.29) is 0 Å². The summed E-state index contributed by atoms with van der Waals surface area (Å²) >= 11 is 0. The first kappa shape index (κ1) is 14.2. The van der Waals surface area contributed by atoms with E-state index in [4.69, 9.17) is 0 Å². The summed E-state index contributed by atoms with van der Waals surface area (Å²) in [5.74, 6) is 1.42. The standard InChI is InChI=1S/C14H27N3/c1-5-7-15-10-14(12(3)4)8-13-9-16-17(6-2)11-13/h9,11-12,14-15H,5-8,10H2,1-4H3. The fourth-order valence-corrected chi connectivity index (χ4v) is 2.00. The molecule has 1 heterocycles. The highest BCUT2D eigenvalue weighted by Crippen LogP contribution is 2.16. The van der Waals surface area contributed by atoms with E-state index in [1.165, 1.54) is 12.0 Å². The maximum absolute atomic E-state index is 4.34. The predicted octanol–water partition coefficient (Wildman–Crippen LogP) is 2.72. The van der Waals surface area contributed by atoms with Crippen LogP contribution >= 0.6 is 0 Å². The fraction of sp³-hybridized carbons (Fsp3) is 0.786. The molecule has 3 heteroatoms. The zero-order valence-electron chi connectivity index (χ0n) is 11.7. The van der Waals surface area contributed by atoms with E-state index in [1.807, 2.05) is 10.9 Å². The Morgan fingerprint density at radius 3 is 2.65 bits per heavy atom. The van der Waals surface area contributed by atoms with Crippen LogP contribution in [0.25, 0.3) is 0 Å². The van der Waals surface area contributed by atoms with Crippen LogP contribution in [0.4, 0.5) is 0 Å². The second-order valence-electron chi connectivity index (χ2n) is 5.12. The quantitative estimate of drug-likeness (QED) is 0.705. The van der Waals surface area contributed by atoms with Crippen LogP contribution in [0.3, 0.4) is 0 Å². The van der Waals surface area contributed by atoms with E-state index in [0.29, 0.717) is 11.8 Å². The molecule has 1 aromatic heterocycles. The molecule has 1 unspecified atom stereocenters. The molecule has 0 spiro atoms. The number of hydrogen-bond acceptors (Lipinski definition) is 2. The Morgan fingerprint density at radius 1 is 1.35 bits per heavy atom. The molecule has 0 amide bonds. The highest BCUT2D eigenvalue weighted by molar-refractivity contribution is 5.05. The number of nitrogens with one attached hydrogen (secondary N) is 1. The summed E-state index contributed by atoms with van der Waals surface area (Å²) in [6.07, 6.45) is 6.53. The first-order chi connectivity index (χ1) is 8.17. The molecular weight excluding hydrogens is 210 g/mol. The summed E-state index contributed by atoms with van der Waals surface area (Å²) in [7, 11) is 0. The van der Waals surface area contributed by atoms with Crippen LogP contribution < -0.4 is 5.32 Å². The summed E-state index contributed by atoms with van der Waals surface area (Å²) in [6.45, 7) is 12.1. The van der Waals surface area contributed by atoms with Crippen molar-refractivity contribution in [2.45, 2.75) is 47.1 Å². The average molecular weight is 237 g/mol. The highest BCUT2D eigenvalue weighted by atomic mass is 15.3. The van der Waals surface area contributed by atoms with E-state index < -0.39 is 0 Å². The molecule has 17 heavy (non-hydrogen) atoms. The number of rotatable bonds is 8. The fourth-order valence-electron chi connectivity index (χ4n) is 2.00. The van der Waals surface area contributed by atoms with Crippen LogP contribution in [-0.4, -0.2) is 22.9 Å². The highest BCUT2D eigenvalue weighted by Gasteiger charge is 2.14. The van der Waals surface area contributed by atoms with E-state index in [1.54, 1.807) is 0 Å². The molecule has 98 valence electrons. The third-order valence-electron chi connectivity index (χ3n) is 3.28. The lowest BCUT2D eigenvalue weighted by Crippen LogP contribution is -2.28. The topological polar surface area (TPSA) is 29.9 Å². The molecule has 0 aromatic carbocycles. The van der Waals surface area contributed by atoms with Crippen molar-refractivity contribution in [2.75, 3.05) is 13.1 Å². The number of aromatic nitrogens is 2. The number of hydrogen-bond donors (Lipinski definition) is 1. The van der Waals surface area contributed by atoms with Crippen molar-refractivity contribution in [1.29, 1.82) is 0 Å². The second-order valence-corrected chi connectivity index (χ2v) is 5.12. The van der Waals surface area contributed by atoms with Gasteiger partial charge in [-0.25, -0.2) is 0 Å². The maximum Gasteiger partial charge on any atom is 0.0521 e. The summed E-state index contributed by atoms with van der Waals surface area (Å²) in [5.41, 5.74) is 1.36. The minimum absolute atomic E-state index is 0.705. The van der Waals surface area contributed by atoms with E-state index in [9.17, 15) is 0 Å². The lowest BCUT2D eigenvalue weighted by atomic mass is 9.90. The van der Waals surface area contributed by atoms with Crippen molar-refractivity contribution in [1.82, 2.24) is 15.1 Å². The smallest absolute Gasteiger partial charge is 0.0521 e. The molecule has 0 saturated heterocycles. The van der Waals surface area contributed by atoms with Gasteiger partial charge in [0.15, 0.2) is 0 Å². The monoisotopic (exact) mass is 237 g/mol. The third-order valence-corrected chi connectivity index (χ3v) is 3.28. The SMILES string of the molecule is CCCNCC(Cc1cnn(CC)c1)C(C)C. The van der Waals surface area contributed by atoms with Crippen LogP contribution in [0.2, 0.25) is 0 Å². The van der Waals surface area contributed by atoms with Gasteiger partial charge in [0.05, 0.1) is 6.20 Å². The largest absolute Gasteiger partial charge is 0.316 e. The van der Waals surface area contributed by atoms with Crippen LogP contribution in [0.5, 0.6) is 0 Å². The van der Waals surface area contributed by atoms with Gasteiger partial charge in [0.25, 0.3) is 0 Å². The summed E-state index contributed by atoms with van der Waals surface area (Å²) in [4.78, 5) is 0. The van der Waals surface area contributed by atoms with Crippen LogP contribution in [0.1, 0.15) is 39.7 Å². The van der Waals surface area contributed by atoms with Gasteiger partial charge in [0.2, 0.25) is 0 Å². The molecule has 1 atom stereocenters. The second kappa shape index (κ2) is 7.49. The Hall–Kier alpha value is -0.830. The average Bonchev–Trinajstić information content (AvgIpc) is 2.75. The summed E-state index contributed by atoms with van der Waals surface area (Å²) in [5, 5.41) is 7.87. The molecule has 1 aromatic rings. The molecule has 1 rings (SSSR count). The lowest BCUT2D eigenvalue weighted by Gasteiger charge is -2.20. The molecule has 0 radical (unpaired) electrons. The molecule has 1 N–H and O–H groups in total. The Kier molecular flexibility index (Phi) is 6.27. The van der Waals surface area contributed by atoms with E-state index in [0.717, 1.165) is 26.1 Å². The Morgan fingerprint density at radius 2 is 2.12 bits per heavy atom. The first-order valence-electron chi connectivity index (χ1n) is 6.89. The van der Waals surface area contributed by atoms with Crippen molar-refractivity contribution in [3.63, 3.8) is 0 Å². The van der Waals surface area contributed by atoms with E-state index >= 15 is 0 Å². The van der Waals surface area contributed by atoms with Crippen LogP contribution in [0, 0.1) is 11.8 Å². The number of aryl methyl sites for hydroxylation is 1. The molecule has 0 aliphatic carbocycles. The third kappa shape index (κ3) is 4.90. The minimum Gasteiger partial charge on any atom is -0.316 e. The first-order valence-corrected chi connectivity index (χ1v) is 6.89. The molecule has 0 saturated carbocycles. The van der Waals surface area contributed by atoms with Crippen molar-refractivity contribution < 1.29 is 0 Å². The summed E-state index contributed by atoms with van der Waals surface area (Å²) in [6, 6.07) is 0. The maximum atomic E-state index is 4.34. The van der Waals surface area contributed by atoms with Crippen molar-refractivity contribution in [3.05, 3.63) is 18.0 Å². The van der Waals surface area contributed by atoms with Gasteiger partial charge in [-0.15, -0.1) is 0 Å². The van der Waals surface area contributed by atoms with Crippen LogP contribution in [-0.2, 0) is 13.0 Å². The molecule has 0 aliphatic heterocycles. The van der Waals surface area contributed by atoms with Gasteiger partial charge in [-0.2, -0.15) is 5.10 Å². The lowest BCUT2D eigenvalue weighted by molar-refractivity contribution is 0.361. The molecule has 0 aliphatic rings. The zero-order valence-corrected chi connectivity index (χ0v) is 11.7. The van der Waals surface area contributed by atoms with E-state index in [2.05, 4.69) is 44.3 Å². The predicted molar refractivity (Wildman–Crippen MR) is 73.1 cm³/mol. The Labute approximate surface area is 106 Å². The minimum atomic E-state index is 0.705. The van der Waals surface area contributed by atoms with Gasteiger partial charge in [0.1, 0.15) is 0 Å². The van der Waals surface area contributed by atoms with Crippen LogP contribution in [0.15, 0.2) is 12.4 Å². The Bertz CT molecular complexity index is 304. The number of nitrogens with zero attached hydrogens (tertiary/aromatic N) is 2. The summed E-state index contributed by atoms with van der Waals surface area (Å²) < 4.78 is 2.01. The van der Waals surface area contributed by atoms with Gasteiger partial charge in [0, 0.05) is 12.7 Å². The Balaban J connectivity index is 2.47. The molecule has 3 nitrogen and oxygen atoms in total. The van der Waals surface area contributed by atoms with Crippen molar-refractivity contribution in [2.24, 2.45) is 11.8 Å². The normalized spacial score (nSPS) is 13.2. The van der Waals surface area contributed by atoms with Crippen molar-refractivity contribution in [3.8, 4) is 0 Å². The zero-order chi connectivity index (χ0) is 12.7. The molecular formula is C14H27N3. The van der Waals surface area contributed by atoms with Gasteiger partial charge >= 0.3 is 0 Å². The molecule has 0 bridgehead atoms. The van der Waals surface area contributed by atoms with Gasteiger partial charge in [-0.05, 0) is 50.3 Å². The van der Waals surface area contributed by atoms with Gasteiger partial charge in [-0.3, -0.25) is 4.68 Å². The van der Waals surface area contributed by atoms with Gasteiger partial charge in [-0.1, -0.05) is 20.8 Å².